The van der Waals surface area contributed by atoms with E-state index in [-0.39, 0.29) is 38.5 Å². The van der Waals surface area contributed by atoms with Crippen molar-refractivity contribution >= 4 is 67.8 Å². The van der Waals surface area contributed by atoms with E-state index in [1.165, 1.54) is 0 Å². The fourth-order valence-electron chi connectivity index (χ4n) is 4.56. The third-order valence-electron chi connectivity index (χ3n) is 6.14. The first-order valence-corrected chi connectivity index (χ1v) is 13.2. The number of hydrogen-bond donors (Lipinski definition) is 2. The summed E-state index contributed by atoms with van der Waals surface area (Å²) in [5, 5.41) is 5.04. The molecule has 0 saturated carbocycles. The lowest BCUT2D eigenvalue weighted by Crippen LogP contribution is -2.29. The molecule has 4 nitrogen and oxygen atoms in total. The van der Waals surface area contributed by atoms with Crippen molar-refractivity contribution in [2.75, 3.05) is 10.0 Å². The van der Waals surface area contributed by atoms with Gasteiger partial charge in [-0.25, -0.2) is 8.42 Å². The van der Waals surface area contributed by atoms with Gasteiger partial charge in [0.05, 0.1) is 36.7 Å². The summed E-state index contributed by atoms with van der Waals surface area (Å²) < 4.78 is 28.8. The summed E-state index contributed by atoms with van der Waals surface area (Å²) >= 11 is 24.6. The molecular weight excluding hydrogens is 522 g/mol. The average Bonchev–Trinajstić information content (AvgIpc) is 3.28. The van der Waals surface area contributed by atoms with E-state index in [1.807, 2.05) is 12.1 Å². The third kappa shape index (κ3) is 4.22. The molecule has 1 aliphatic heterocycles. The maximum Gasteiger partial charge on any atom is 0.261 e. The molecule has 5 rings (SSSR count). The van der Waals surface area contributed by atoms with Crippen LogP contribution in [-0.4, -0.2) is 8.42 Å². The number of sulfonamides is 1. The number of rotatable bonds is 4. The first-order chi connectivity index (χ1) is 15.7. The van der Waals surface area contributed by atoms with Gasteiger partial charge in [-0.1, -0.05) is 70.7 Å². The van der Waals surface area contributed by atoms with Gasteiger partial charge in [-0.2, -0.15) is 0 Å². The first kappa shape index (κ1) is 22.9. The maximum atomic E-state index is 13.1. The molecule has 1 heterocycles. The zero-order valence-corrected chi connectivity index (χ0v) is 20.9. The Balaban J connectivity index is 1.50. The Morgan fingerprint density at radius 2 is 1.73 bits per heavy atom. The van der Waals surface area contributed by atoms with Crippen molar-refractivity contribution in [1.29, 1.82) is 0 Å². The summed E-state index contributed by atoms with van der Waals surface area (Å²) in [6.07, 6.45) is 5.16. The smallest absolute Gasteiger partial charge is 0.261 e. The molecular formula is C24H18Cl4N2O2S. The SMILES string of the molecule is O=S(=O)(Nc1cccc(Cl)c1Cl)c1ccc2c(c1)[C@H]1C=CC[C@H]1[C@@H](c1ccc(Cl)c(Cl)c1)N2. The molecule has 0 fully saturated rings. The predicted molar refractivity (Wildman–Crippen MR) is 137 cm³/mol. The lowest BCUT2D eigenvalue weighted by Gasteiger charge is -2.37. The van der Waals surface area contributed by atoms with Crippen LogP contribution in [-0.2, 0) is 10.0 Å². The van der Waals surface area contributed by atoms with Gasteiger partial charge in [0.15, 0.2) is 0 Å². The molecule has 3 aromatic carbocycles. The highest BCUT2D eigenvalue weighted by Crippen LogP contribution is 2.50. The van der Waals surface area contributed by atoms with Crippen LogP contribution in [0.2, 0.25) is 20.1 Å². The van der Waals surface area contributed by atoms with E-state index in [1.54, 1.807) is 42.5 Å². The van der Waals surface area contributed by atoms with Gasteiger partial charge in [-0.3, -0.25) is 4.72 Å². The van der Waals surface area contributed by atoms with E-state index in [0.717, 1.165) is 23.2 Å². The largest absolute Gasteiger partial charge is 0.378 e. The minimum atomic E-state index is -3.87. The Morgan fingerprint density at radius 1 is 0.909 bits per heavy atom. The Bertz CT molecular complexity index is 1390. The van der Waals surface area contributed by atoms with Crippen molar-refractivity contribution in [2.45, 2.75) is 23.3 Å². The minimum absolute atomic E-state index is 0.0260. The summed E-state index contributed by atoms with van der Waals surface area (Å²) in [7, 11) is -3.87. The number of nitrogens with one attached hydrogen (secondary N) is 2. The number of benzene rings is 3. The van der Waals surface area contributed by atoms with Crippen LogP contribution in [0.4, 0.5) is 11.4 Å². The van der Waals surface area contributed by atoms with Gasteiger partial charge in [-0.15, -0.1) is 0 Å². The lowest BCUT2D eigenvalue weighted by atomic mass is 9.77. The van der Waals surface area contributed by atoms with Gasteiger partial charge in [0.2, 0.25) is 0 Å². The lowest BCUT2D eigenvalue weighted by molar-refractivity contribution is 0.425. The zero-order valence-electron chi connectivity index (χ0n) is 17.0. The van der Waals surface area contributed by atoms with Crippen LogP contribution in [0.3, 0.4) is 0 Å². The molecule has 3 aromatic rings. The summed E-state index contributed by atoms with van der Waals surface area (Å²) in [6.45, 7) is 0. The Morgan fingerprint density at radius 3 is 2.52 bits per heavy atom. The highest BCUT2D eigenvalue weighted by molar-refractivity contribution is 7.92. The van der Waals surface area contributed by atoms with E-state index in [2.05, 4.69) is 22.2 Å². The minimum Gasteiger partial charge on any atom is -0.378 e. The summed E-state index contributed by atoms with van der Waals surface area (Å²) in [6, 6.07) is 15.6. The topological polar surface area (TPSA) is 58.2 Å². The van der Waals surface area contributed by atoms with Crippen molar-refractivity contribution in [3.05, 3.63) is 98.0 Å². The number of allylic oxidation sites excluding steroid dienone is 2. The molecule has 0 saturated heterocycles. The molecule has 0 radical (unpaired) electrons. The highest BCUT2D eigenvalue weighted by atomic mass is 35.5. The van der Waals surface area contributed by atoms with Crippen LogP contribution in [0, 0.1) is 5.92 Å². The number of fused-ring (bicyclic) bond motifs is 3. The van der Waals surface area contributed by atoms with Crippen LogP contribution in [0.25, 0.3) is 0 Å². The van der Waals surface area contributed by atoms with Gasteiger partial charge in [0.25, 0.3) is 10.0 Å². The van der Waals surface area contributed by atoms with Crippen molar-refractivity contribution in [3.8, 4) is 0 Å². The molecule has 0 unspecified atom stereocenters. The second kappa shape index (κ2) is 8.71. The van der Waals surface area contributed by atoms with Gasteiger partial charge in [0.1, 0.15) is 0 Å². The second-order valence-electron chi connectivity index (χ2n) is 8.10. The van der Waals surface area contributed by atoms with Gasteiger partial charge in [-0.05, 0) is 65.9 Å². The van der Waals surface area contributed by atoms with Gasteiger partial charge < -0.3 is 5.32 Å². The second-order valence-corrected chi connectivity index (χ2v) is 11.4. The molecule has 0 spiro atoms. The van der Waals surface area contributed by atoms with Crippen molar-refractivity contribution < 1.29 is 8.42 Å². The molecule has 0 bridgehead atoms. The van der Waals surface area contributed by atoms with E-state index < -0.39 is 10.0 Å². The van der Waals surface area contributed by atoms with Gasteiger partial charge in [0, 0.05) is 11.6 Å². The predicted octanol–water partition coefficient (Wildman–Crippen LogP) is 7.93. The molecule has 1 aliphatic carbocycles. The molecule has 0 amide bonds. The third-order valence-corrected chi connectivity index (χ3v) is 9.06. The van der Waals surface area contributed by atoms with Crippen LogP contribution in [0.15, 0.2) is 71.6 Å². The first-order valence-electron chi connectivity index (χ1n) is 10.2. The molecule has 3 atom stereocenters. The molecule has 2 aliphatic rings. The van der Waals surface area contributed by atoms with E-state index in [4.69, 9.17) is 46.4 Å². The molecule has 170 valence electrons. The monoisotopic (exact) mass is 538 g/mol. The Labute approximate surface area is 212 Å². The van der Waals surface area contributed by atoms with Gasteiger partial charge >= 0.3 is 0 Å². The summed E-state index contributed by atoms with van der Waals surface area (Å²) in [5.74, 6) is 0.300. The van der Waals surface area contributed by atoms with Crippen molar-refractivity contribution in [3.63, 3.8) is 0 Å². The number of halogens is 4. The standard InChI is InChI=1S/C24H18Cl4N2O2S/c25-18-9-7-13(11-20(18)27)24-16-4-1-3-15(16)17-12-14(8-10-21(17)29-24)33(31,32)30-22-6-2-5-19(26)23(22)28/h1-3,5-12,15-16,24,29-30H,4H2/t15-,16+,24+/m0/s1. The zero-order chi connectivity index (χ0) is 23.3. The summed E-state index contributed by atoms with van der Waals surface area (Å²) in [4.78, 5) is 0.158. The summed E-state index contributed by atoms with van der Waals surface area (Å²) in [5.41, 5.74) is 3.10. The normalized spacial score (nSPS) is 21.3. The molecule has 33 heavy (non-hydrogen) atoms. The van der Waals surface area contributed by atoms with E-state index >= 15 is 0 Å². The molecule has 2 N–H and O–H groups in total. The fourth-order valence-corrected chi connectivity index (χ4v) is 6.38. The Hall–Kier alpha value is -1.89. The van der Waals surface area contributed by atoms with Crippen molar-refractivity contribution in [1.82, 2.24) is 0 Å². The average molecular weight is 540 g/mol. The van der Waals surface area contributed by atoms with E-state index in [0.29, 0.717) is 10.0 Å². The fraction of sp³-hybridized carbons (Fsp3) is 0.167. The quantitative estimate of drug-likeness (QED) is 0.331. The Kier molecular flexibility index (Phi) is 6.04. The van der Waals surface area contributed by atoms with Crippen molar-refractivity contribution in [2.24, 2.45) is 5.92 Å². The van der Waals surface area contributed by atoms with Crippen LogP contribution in [0.5, 0.6) is 0 Å². The van der Waals surface area contributed by atoms with Crippen LogP contribution >= 0.6 is 46.4 Å². The number of hydrogen-bond acceptors (Lipinski definition) is 3. The molecule has 9 heteroatoms. The van der Waals surface area contributed by atoms with Crippen LogP contribution < -0.4 is 10.0 Å². The van der Waals surface area contributed by atoms with E-state index in [9.17, 15) is 8.42 Å². The molecule has 0 aromatic heterocycles. The number of anilines is 2. The maximum absolute atomic E-state index is 13.1. The van der Waals surface area contributed by atoms with Crippen LogP contribution in [0.1, 0.15) is 29.5 Å². The highest BCUT2D eigenvalue weighted by Gasteiger charge is 2.38.